The van der Waals surface area contributed by atoms with E-state index < -0.39 is 11.9 Å². The molecule has 4 atom stereocenters. The number of carbonyl (C=O) groups is 3. The van der Waals surface area contributed by atoms with Crippen molar-refractivity contribution < 1.29 is 19.5 Å². The first-order valence-electron chi connectivity index (χ1n) is 15.0. The second-order valence-electron chi connectivity index (χ2n) is 12.2. The van der Waals surface area contributed by atoms with Crippen LogP contribution in [0.4, 0.5) is 0 Å². The van der Waals surface area contributed by atoms with Crippen molar-refractivity contribution in [2.24, 2.45) is 23.7 Å². The minimum atomic E-state index is -1.01. The Bertz CT molecular complexity index is 1180. The number of benzene rings is 2. The van der Waals surface area contributed by atoms with Gasteiger partial charge in [-0.3, -0.25) is 14.4 Å². The highest BCUT2D eigenvalue weighted by atomic mass is 16.4. The molecule has 1 saturated carbocycles. The molecule has 2 aromatic rings. The number of fused-ring (bicyclic) bond motifs is 1. The average molecular weight is 546 g/mol. The monoisotopic (exact) mass is 545 g/mol. The molecule has 2 N–H and O–H groups in total. The third kappa shape index (κ3) is 6.25. The molecule has 7 nitrogen and oxygen atoms in total. The first-order chi connectivity index (χ1) is 19.3. The summed E-state index contributed by atoms with van der Waals surface area (Å²) in [7, 11) is 0. The second-order valence-corrected chi connectivity index (χ2v) is 12.2. The van der Waals surface area contributed by atoms with Crippen molar-refractivity contribution in [1.82, 2.24) is 15.1 Å². The number of likely N-dealkylation sites (tertiary alicyclic amines) is 2. The average Bonchev–Trinajstić information content (AvgIpc) is 3.51. The highest BCUT2D eigenvalue weighted by Crippen LogP contribution is 2.34. The lowest BCUT2D eigenvalue weighted by atomic mass is 9.79. The summed E-state index contributed by atoms with van der Waals surface area (Å²) in [6.45, 7) is 8.29. The number of hydrogen-bond donors (Lipinski definition) is 2. The molecule has 7 heteroatoms. The van der Waals surface area contributed by atoms with Crippen molar-refractivity contribution in [2.45, 2.75) is 58.4 Å². The molecule has 3 unspecified atom stereocenters. The van der Waals surface area contributed by atoms with Gasteiger partial charge in [0, 0.05) is 38.3 Å². The number of aryl methyl sites for hydroxylation is 2. The van der Waals surface area contributed by atoms with Crippen molar-refractivity contribution in [2.75, 3.05) is 32.7 Å². The van der Waals surface area contributed by atoms with Crippen LogP contribution < -0.4 is 5.32 Å². The van der Waals surface area contributed by atoms with Crippen LogP contribution in [0.15, 0.2) is 48.5 Å². The Labute approximate surface area is 237 Å². The van der Waals surface area contributed by atoms with Gasteiger partial charge in [-0.1, -0.05) is 67.8 Å². The van der Waals surface area contributed by atoms with Crippen molar-refractivity contribution >= 4 is 17.8 Å². The van der Waals surface area contributed by atoms with Crippen molar-refractivity contribution in [1.29, 1.82) is 0 Å². The van der Waals surface area contributed by atoms with Crippen LogP contribution in [0.25, 0.3) is 0 Å². The summed E-state index contributed by atoms with van der Waals surface area (Å²) < 4.78 is 0. The Balaban J connectivity index is 1.19. The highest BCUT2D eigenvalue weighted by molar-refractivity contribution is 5.98. The number of hydrogen-bond acceptors (Lipinski definition) is 4. The fourth-order valence-electron chi connectivity index (χ4n) is 7.32. The van der Waals surface area contributed by atoms with Gasteiger partial charge in [-0.05, 0) is 67.6 Å². The zero-order chi connectivity index (χ0) is 28.2. The fourth-order valence-corrected chi connectivity index (χ4v) is 7.32. The number of nitrogens with zero attached hydrogens (tertiary/aromatic N) is 2. The van der Waals surface area contributed by atoms with Crippen LogP contribution in [0.1, 0.15) is 71.6 Å². The van der Waals surface area contributed by atoms with E-state index in [-0.39, 0.29) is 23.8 Å². The minimum absolute atomic E-state index is 0.0882. The van der Waals surface area contributed by atoms with E-state index in [0.717, 1.165) is 93.5 Å². The molecule has 1 aliphatic carbocycles. The van der Waals surface area contributed by atoms with Crippen LogP contribution in [0.5, 0.6) is 0 Å². The normalized spacial score (nSPS) is 23.0. The number of carboxylic acids is 1. The topological polar surface area (TPSA) is 90.0 Å². The summed E-state index contributed by atoms with van der Waals surface area (Å²) in [6.07, 6.45) is 5.44. The van der Waals surface area contributed by atoms with E-state index in [1.165, 1.54) is 0 Å². The summed E-state index contributed by atoms with van der Waals surface area (Å²) in [6, 6.07) is 15.7. The summed E-state index contributed by atoms with van der Waals surface area (Å²) in [5.74, 6) is -1.38. The Morgan fingerprint density at radius 1 is 0.875 bits per heavy atom. The molecule has 0 radical (unpaired) electrons. The molecule has 3 aliphatic rings. The third-order valence-electron chi connectivity index (χ3n) is 9.47. The van der Waals surface area contributed by atoms with E-state index in [1.807, 2.05) is 67.3 Å². The third-order valence-corrected chi connectivity index (χ3v) is 9.47. The smallest absolute Gasteiger partial charge is 0.316 e. The minimum Gasteiger partial charge on any atom is -0.481 e. The maximum Gasteiger partial charge on any atom is 0.316 e. The van der Waals surface area contributed by atoms with Gasteiger partial charge in [0.2, 0.25) is 5.91 Å². The van der Waals surface area contributed by atoms with Crippen molar-refractivity contribution in [3.05, 3.63) is 70.8 Å². The van der Waals surface area contributed by atoms with E-state index in [4.69, 9.17) is 0 Å². The number of carboxylic acid groups (broad SMARTS) is 1. The Morgan fingerprint density at radius 2 is 1.50 bits per heavy atom. The summed E-state index contributed by atoms with van der Waals surface area (Å²) in [4.78, 5) is 43.3. The summed E-state index contributed by atoms with van der Waals surface area (Å²) >= 11 is 0. The maximum absolute atomic E-state index is 13.3. The molecule has 5 rings (SSSR count). The number of aliphatic carboxylic acids is 1. The lowest BCUT2D eigenvalue weighted by Crippen LogP contribution is -2.42. The van der Waals surface area contributed by atoms with Crippen LogP contribution in [-0.2, 0) is 9.59 Å². The number of amides is 2. The molecule has 40 heavy (non-hydrogen) atoms. The predicted molar refractivity (Wildman–Crippen MR) is 155 cm³/mol. The van der Waals surface area contributed by atoms with Gasteiger partial charge in [0.15, 0.2) is 0 Å². The van der Waals surface area contributed by atoms with Crippen LogP contribution in [-0.4, -0.2) is 65.4 Å². The van der Waals surface area contributed by atoms with Crippen LogP contribution in [0, 0.1) is 37.5 Å². The molecule has 0 aromatic heterocycles. The molecule has 2 aromatic carbocycles. The molecular formula is C33H43N3O4. The molecule has 0 spiro atoms. The molecule has 2 amide bonds. The standard InChI is InChI=1S/C33H43N3O4/c1-22-10-9-11-23(2)29(22)32(38)36-20-26-18-35(19-27(26)21-36)17-16-28(24-12-5-3-6-13-24)34-31(37)30(33(39)40)25-14-7-4-8-15-25/h3,5-6,9-13,25-28,30H,4,7-8,14-21H2,1-2H3,(H,34,37)(H,39,40)/t26?,27?,28-,30?/m0/s1. The quantitative estimate of drug-likeness (QED) is 0.441. The lowest BCUT2D eigenvalue weighted by Gasteiger charge is -2.29. The second kappa shape index (κ2) is 12.5. The first kappa shape index (κ1) is 28.3. The van der Waals surface area contributed by atoms with E-state index in [9.17, 15) is 19.5 Å². The Kier molecular flexibility index (Phi) is 8.89. The van der Waals surface area contributed by atoms with Gasteiger partial charge in [-0.15, -0.1) is 0 Å². The molecule has 3 fully saturated rings. The molecule has 2 heterocycles. The van der Waals surface area contributed by atoms with Crippen molar-refractivity contribution in [3.63, 3.8) is 0 Å². The van der Waals surface area contributed by atoms with Gasteiger partial charge in [0.05, 0.1) is 6.04 Å². The van der Waals surface area contributed by atoms with E-state index in [0.29, 0.717) is 11.8 Å². The molecule has 2 saturated heterocycles. The first-order valence-corrected chi connectivity index (χ1v) is 15.0. The maximum atomic E-state index is 13.3. The molecule has 214 valence electrons. The van der Waals surface area contributed by atoms with Crippen LogP contribution in [0.2, 0.25) is 0 Å². The number of rotatable bonds is 9. The van der Waals surface area contributed by atoms with Crippen LogP contribution >= 0.6 is 0 Å². The van der Waals surface area contributed by atoms with Gasteiger partial charge < -0.3 is 20.2 Å². The van der Waals surface area contributed by atoms with Gasteiger partial charge >= 0.3 is 5.97 Å². The summed E-state index contributed by atoms with van der Waals surface area (Å²) in [5, 5.41) is 13.1. The largest absolute Gasteiger partial charge is 0.481 e. The molecule has 0 bridgehead atoms. The summed E-state index contributed by atoms with van der Waals surface area (Å²) in [5.41, 5.74) is 3.92. The number of nitrogens with one attached hydrogen (secondary N) is 1. The fraction of sp³-hybridized carbons (Fsp3) is 0.545. The number of carbonyl (C=O) groups excluding carboxylic acids is 2. The Morgan fingerprint density at radius 3 is 2.10 bits per heavy atom. The molecule has 2 aliphatic heterocycles. The Hall–Kier alpha value is -3.19. The lowest BCUT2D eigenvalue weighted by molar-refractivity contribution is -0.150. The highest BCUT2D eigenvalue weighted by Gasteiger charge is 2.42. The van der Waals surface area contributed by atoms with Gasteiger partial charge in [-0.25, -0.2) is 0 Å². The van der Waals surface area contributed by atoms with E-state index >= 15 is 0 Å². The van der Waals surface area contributed by atoms with E-state index in [1.54, 1.807) is 0 Å². The zero-order valence-corrected chi connectivity index (χ0v) is 23.9. The molecular weight excluding hydrogens is 502 g/mol. The van der Waals surface area contributed by atoms with Gasteiger partial charge in [-0.2, -0.15) is 0 Å². The van der Waals surface area contributed by atoms with E-state index in [2.05, 4.69) is 10.2 Å². The van der Waals surface area contributed by atoms with Gasteiger partial charge in [0.1, 0.15) is 5.92 Å². The van der Waals surface area contributed by atoms with Crippen molar-refractivity contribution in [3.8, 4) is 0 Å². The predicted octanol–water partition coefficient (Wildman–Crippen LogP) is 4.84. The van der Waals surface area contributed by atoms with Crippen LogP contribution in [0.3, 0.4) is 0 Å². The van der Waals surface area contributed by atoms with Gasteiger partial charge in [0.25, 0.3) is 5.91 Å². The SMILES string of the molecule is Cc1cccc(C)c1C(=O)N1CC2CN(CC[C@H](NC(=O)C(C(=O)O)C3CCCCC3)c3ccccc3)CC2C1. The zero-order valence-electron chi connectivity index (χ0n) is 23.9.